The molecule has 0 atom stereocenters. The van der Waals surface area contributed by atoms with Gasteiger partial charge in [-0.15, -0.1) is 0 Å². The van der Waals surface area contributed by atoms with Gasteiger partial charge in [-0.2, -0.15) is 0 Å². The zero-order valence-electron chi connectivity index (χ0n) is 17.7. The number of halogens is 1. The van der Waals surface area contributed by atoms with Crippen molar-refractivity contribution < 1.29 is 9.53 Å². The van der Waals surface area contributed by atoms with Gasteiger partial charge in [0.15, 0.2) is 5.13 Å². The summed E-state index contributed by atoms with van der Waals surface area (Å²) in [5, 5.41) is 1.73. The fourth-order valence-electron chi connectivity index (χ4n) is 4.30. The number of methoxy groups -OCH3 is 1. The third-order valence-corrected chi connectivity index (χ3v) is 7.52. The molecule has 8 heteroatoms. The number of anilines is 2. The average molecular weight is 457 g/mol. The summed E-state index contributed by atoms with van der Waals surface area (Å²) in [6.45, 7) is 6.76. The molecule has 1 aromatic heterocycles. The lowest BCUT2D eigenvalue weighted by Crippen LogP contribution is -2.58. The van der Waals surface area contributed by atoms with E-state index in [2.05, 4.69) is 22.8 Å². The highest BCUT2D eigenvalue weighted by Gasteiger charge is 2.37. The number of piperazine rings is 1. The Kier molecular flexibility index (Phi) is 5.40. The summed E-state index contributed by atoms with van der Waals surface area (Å²) in [5.41, 5.74) is 3.33. The monoisotopic (exact) mass is 456 g/mol. The van der Waals surface area contributed by atoms with Gasteiger partial charge in [0.25, 0.3) is 0 Å². The van der Waals surface area contributed by atoms with Gasteiger partial charge in [-0.05, 0) is 36.8 Å². The maximum Gasteiger partial charge on any atom is 0.229 e. The van der Waals surface area contributed by atoms with Crippen LogP contribution in [0.4, 0.5) is 10.8 Å². The van der Waals surface area contributed by atoms with Crippen molar-refractivity contribution in [2.75, 3.05) is 56.2 Å². The van der Waals surface area contributed by atoms with Crippen LogP contribution >= 0.6 is 22.9 Å². The zero-order chi connectivity index (χ0) is 21.5. The summed E-state index contributed by atoms with van der Waals surface area (Å²) in [6, 6.07) is 11.9. The molecule has 3 aromatic rings. The first-order valence-corrected chi connectivity index (χ1v) is 11.7. The first-order valence-electron chi connectivity index (χ1n) is 10.5. The Hall–Kier alpha value is -2.51. The summed E-state index contributed by atoms with van der Waals surface area (Å²) in [7, 11) is 1.66. The number of carbonyl (C=O) groups excluding carboxylic acids is 1. The number of nitrogens with zero attached hydrogens (tertiary/aromatic N) is 4. The number of fused-ring (bicyclic) bond motifs is 1. The molecule has 0 bridgehead atoms. The van der Waals surface area contributed by atoms with E-state index in [9.17, 15) is 4.79 Å². The number of aryl methyl sites for hydroxylation is 1. The van der Waals surface area contributed by atoms with Crippen LogP contribution in [-0.2, 0) is 4.79 Å². The number of benzene rings is 2. The van der Waals surface area contributed by atoms with Crippen LogP contribution in [0.5, 0.6) is 5.75 Å². The second-order valence-electron chi connectivity index (χ2n) is 8.18. The summed E-state index contributed by atoms with van der Waals surface area (Å²) in [4.78, 5) is 24.3. The van der Waals surface area contributed by atoms with E-state index in [0.29, 0.717) is 0 Å². The summed E-state index contributed by atoms with van der Waals surface area (Å²) < 4.78 is 6.42. The Morgan fingerprint density at radius 1 is 1.10 bits per heavy atom. The van der Waals surface area contributed by atoms with Crippen LogP contribution in [0.2, 0.25) is 5.02 Å². The first kappa shape index (κ1) is 20.4. The van der Waals surface area contributed by atoms with Gasteiger partial charge in [-0.1, -0.05) is 29.0 Å². The maximum atomic E-state index is 13.0. The molecule has 0 N–H and O–H groups in total. The van der Waals surface area contributed by atoms with E-state index in [1.54, 1.807) is 18.4 Å². The van der Waals surface area contributed by atoms with Gasteiger partial charge in [0, 0.05) is 56.0 Å². The molecule has 2 aromatic carbocycles. The van der Waals surface area contributed by atoms with Crippen LogP contribution < -0.4 is 14.5 Å². The third kappa shape index (κ3) is 3.92. The van der Waals surface area contributed by atoms with E-state index in [1.807, 2.05) is 35.2 Å². The van der Waals surface area contributed by atoms with Crippen molar-refractivity contribution in [3.63, 3.8) is 0 Å². The van der Waals surface area contributed by atoms with E-state index in [1.165, 1.54) is 11.3 Å². The first-order chi connectivity index (χ1) is 15.0. The second-order valence-corrected chi connectivity index (χ2v) is 9.62. The molecule has 0 unspecified atom stereocenters. The molecule has 2 aliphatic heterocycles. The molecule has 0 aliphatic carbocycles. The number of rotatable bonds is 4. The van der Waals surface area contributed by atoms with Crippen molar-refractivity contribution in [2.45, 2.75) is 6.92 Å². The van der Waals surface area contributed by atoms with Gasteiger partial charge < -0.3 is 19.4 Å². The fraction of sp³-hybridized carbons (Fsp3) is 0.391. The lowest BCUT2D eigenvalue weighted by atomic mass is 9.98. The van der Waals surface area contributed by atoms with Crippen molar-refractivity contribution in [3.8, 4) is 5.75 Å². The molecule has 0 saturated carbocycles. The standard InChI is InChI=1S/C23H25ClN4O2S/c1-15-3-4-17(24)11-20(15)26-7-9-27(10-8-26)22(29)16-13-28(14-16)23-25-19-12-18(30-2)5-6-21(19)31-23/h3-6,11-12,16H,7-10,13-14H2,1-2H3. The van der Waals surface area contributed by atoms with Gasteiger partial charge in [-0.25, -0.2) is 4.98 Å². The van der Waals surface area contributed by atoms with Gasteiger partial charge in [0.05, 0.1) is 23.2 Å². The Morgan fingerprint density at radius 3 is 2.61 bits per heavy atom. The fourth-order valence-corrected chi connectivity index (χ4v) is 5.43. The smallest absolute Gasteiger partial charge is 0.229 e. The Balaban J connectivity index is 1.17. The summed E-state index contributed by atoms with van der Waals surface area (Å²) >= 11 is 7.85. The predicted molar refractivity (Wildman–Crippen MR) is 127 cm³/mol. The van der Waals surface area contributed by atoms with Crippen LogP contribution in [0.3, 0.4) is 0 Å². The molecular formula is C23H25ClN4O2S. The normalized spacial score (nSPS) is 17.2. The van der Waals surface area contributed by atoms with Gasteiger partial charge in [0.1, 0.15) is 5.75 Å². The van der Waals surface area contributed by atoms with E-state index in [4.69, 9.17) is 21.3 Å². The molecule has 6 nitrogen and oxygen atoms in total. The minimum absolute atomic E-state index is 0.0565. The average Bonchev–Trinajstić information content (AvgIpc) is 3.17. The Labute approximate surface area is 191 Å². The lowest BCUT2D eigenvalue weighted by Gasteiger charge is -2.43. The van der Waals surface area contributed by atoms with Crippen LogP contribution in [-0.4, -0.2) is 62.2 Å². The highest BCUT2D eigenvalue weighted by atomic mass is 35.5. The second kappa shape index (κ2) is 8.20. The molecule has 1 amide bonds. The highest BCUT2D eigenvalue weighted by molar-refractivity contribution is 7.22. The number of amides is 1. The molecule has 162 valence electrons. The third-order valence-electron chi connectivity index (χ3n) is 6.19. The van der Waals surface area contributed by atoms with Gasteiger partial charge in [0.2, 0.25) is 5.91 Å². The molecule has 2 fully saturated rings. The van der Waals surface area contributed by atoms with Crippen molar-refractivity contribution in [3.05, 3.63) is 47.0 Å². The molecule has 0 spiro atoms. The zero-order valence-corrected chi connectivity index (χ0v) is 19.2. The number of thiazole rings is 1. The quantitative estimate of drug-likeness (QED) is 0.592. The molecule has 5 rings (SSSR count). The van der Waals surface area contributed by atoms with Crippen LogP contribution in [0.1, 0.15) is 5.56 Å². The molecule has 31 heavy (non-hydrogen) atoms. The predicted octanol–water partition coefficient (Wildman–Crippen LogP) is 4.05. The van der Waals surface area contributed by atoms with E-state index in [-0.39, 0.29) is 11.8 Å². The van der Waals surface area contributed by atoms with Crippen molar-refractivity contribution in [1.29, 1.82) is 0 Å². The van der Waals surface area contributed by atoms with Crippen molar-refractivity contribution in [1.82, 2.24) is 9.88 Å². The van der Waals surface area contributed by atoms with Crippen molar-refractivity contribution >= 4 is 49.9 Å². The minimum atomic E-state index is 0.0565. The Morgan fingerprint density at radius 2 is 1.87 bits per heavy atom. The molecule has 3 heterocycles. The summed E-state index contributed by atoms with van der Waals surface area (Å²) in [6.07, 6.45) is 0. The molecule has 0 radical (unpaired) electrons. The molecule has 2 aliphatic rings. The minimum Gasteiger partial charge on any atom is -0.497 e. The number of ether oxygens (including phenoxy) is 1. The van der Waals surface area contributed by atoms with Crippen molar-refractivity contribution in [2.24, 2.45) is 5.92 Å². The van der Waals surface area contributed by atoms with Crippen LogP contribution in [0, 0.1) is 12.8 Å². The number of hydrogen-bond acceptors (Lipinski definition) is 6. The van der Waals surface area contributed by atoms with E-state index in [0.717, 1.165) is 65.4 Å². The number of hydrogen-bond donors (Lipinski definition) is 0. The summed E-state index contributed by atoms with van der Waals surface area (Å²) in [5.74, 6) is 1.13. The van der Waals surface area contributed by atoms with E-state index >= 15 is 0 Å². The molecular weight excluding hydrogens is 432 g/mol. The van der Waals surface area contributed by atoms with Crippen LogP contribution in [0.25, 0.3) is 10.2 Å². The van der Waals surface area contributed by atoms with Gasteiger partial charge >= 0.3 is 0 Å². The topological polar surface area (TPSA) is 48.9 Å². The Bertz CT molecular complexity index is 1120. The maximum absolute atomic E-state index is 13.0. The lowest BCUT2D eigenvalue weighted by molar-refractivity contribution is -0.136. The SMILES string of the molecule is COc1ccc2sc(N3CC(C(=O)N4CCN(c5cc(Cl)ccc5C)CC4)C3)nc2c1. The highest BCUT2D eigenvalue weighted by Crippen LogP contribution is 2.35. The van der Waals surface area contributed by atoms with Crippen LogP contribution in [0.15, 0.2) is 36.4 Å². The van der Waals surface area contributed by atoms with Gasteiger partial charge in [-0.3, -0.25) is 4.79 Å². The number of aromatic nitrogens is 1. The number of carbonyl (C=O) groups is 1. The molecule has 2 saturated heterocycles. The van der Waals surface area contributed by atoms with E-state index < -0.39 is 0 Å². The largest absolute Gasteiger partial charge is 0.497 e.